The number of nitrogens with one attached hydrogen (secondary N) is 2. The van der Waals surface area contributed by atoms with Crippen molar-refractivity contribution in [3.63, 3.8) is 0 Å². The van der Waals surface area contributed by atoms with Crippen LogP contribution in [-0.2, 0) is 21.4 Å². The van der Waals surface area contributed by atoms with Gasteiger partial charge < -0.3 is 19.5 Å². The molecule has 1 amide bonds. The van der Waals surface area contributed by atoms with E-state index in [9.17, 15) is 17.6 Å². The molecule has 3 aromatic carbocycles. The third-order valence-electron chi connectivity index (χ3n) is 4.90. The van der Waals surface area contributed by atoms with E-state index < -0.39 is 15.8 Å². The molecule has 2 N–H and O–H groups in total. The highest BCUT2D eigenvalue weighted by molar-refractivity contribution is 7.92. The van der Waals surface area contributed by atoms with Gasteiger partial charge in [-0.1, -0.05) is 6.07 Å². The highest BCUT2D eigenvalue weighted by atomic mass is 32.2. The molecule has 0 fully saturated rings. The summed E-state index contributed by atoms with van der Waals surface area (Å²) in [5, 5.41) is 2.75. The van der Waals surface area contributed by atoms with Gasteiger partial charge in [0.1, 0.15) is 23.1 Å². The third kappa shape index (κ3) is 6.16. The van der Waals surface area contributed by atoms with E-state index in [0.717, 1.165) is 12.1 Å². The van der Waals surface area contributed by atoms with E-state index in [1.165, 1.54) is 44.6 Å². The Bertz CT molecular complexity index is 1240. The molecule has 10 heteroatoms. The zero-order valence-corrected chi connectivity index (χ0v) is 19.7. The Kier molecular flexibility index (Phi) is 7.95. The average molecular weight is 489 g/mol. The average Bonchev–Trinajstić information content (AvgIpc) is 2.82. The number of benzene rings is 3. The van der Waals surface area contributed by atoms with Gasteiger partial charge in [-0.15, -0.1) is 0 Å². The van der Waals surface area contributed by atoms with E-state index in [1.807, 2.05) is 0 Å². The van der Waals surface area contributed by atoms with E-state index in [0.29, 0.717) is 28.4 Å². The number of hydrogen-bond donors (Lipinski definition) is 2. The number of rotatable bonds is 10. The predicted molar refractivity (Wildman–Crippen MR) is 125 cm³/mol. The summed E-state index contributed by atoms with van der Waals surface area (Å²) in [5.41, 5.74) is 1.46. The Morgan fingerprint density at radius 3 is 2.18 bits per heavy atom. The molecule has 0 aliphatic carbocycles. The van der Waals surface area contributed by atoms with Crippen LogP contribution in [0.1, 0.15) is 11.1 Å². The van der Waals surface area contributed by atoms with Crippen molar-refractivity contribution in [3.05, 3.63) is 77.6 Å². The summed E-state index contributed by atoms with van der Waals surface area (Å²) in [5.74, 6) is 0.698. The second-order valence-corrected chi connectivity index (χ2v) is 8.93. The van der Waals surface area contributed by atoms with Gasteiger partial charge in [0.05, 0.1) is 31.2 Å². The lowest BCUT2D eigenvalue weighted by Gasteiger charge is -2.14. The number of sulfonamides is 1. The molecular formula is C24H25FN2O6S. The second kappa shape index (κ2) is 10.9. The molecule has 180 valence electrons. The fraction of sp³-hybridized carbons (Fsp3) is 0.208. The van der Waals surface area contributed by atoms with Gasteiger partial charge in [-0.3, -0.25) is 9.52 Å². The van der Waals surface area contributed by atoms with Crippen molar-refractivity contribution in [3.8, 4) is 17.2 Å². The maximum absolute atomic E-state index is 13.0. The van der Waals surface area contributed by atoms with E-state index in [4.69, 9.17) is 14.2 Å². The molecule has 0 atom stereocenters. The van der Waals surface area contributed by atoms with Gasteiger partial charge in [0, 0.05) is 5.69 Å². The first-order chi connectivity index (χ1) is 16.2. The molecule has 0 saturated carbocycles. The summed E-state index contributed by atoms with van der Waals surface area (Å²) < 4.78 is 56.8. The van der Waals surface area contributed by atoms with Crippen molar-refractivity contribution in [1.29, 1.82) is 0 Å². The molecule has 0 bridgehead atoms. The monoisotopic (exact) mass is 488 g/mol. The van der Waals surface area contributed by atoms with Gasteiger partial charge in [0.25, 0.3) is 15.9 Å². The zero-order chi connectivity index (χ0) is 24.7. The Morgan fingerprint density at radius 1 is 0.941 bits per heavy atom. The van der Waals surface area contributed by atoms with Gasteiger partial charge in [-0.05, 0) is 67.1 Å². The van der Waals surface area contributed by atoms with Crippen LogP contribution in [0.5, 0.6) is 17.2 Å². The van der Waals surface area contributed by atoms with Gasteiger partial charge in [0.2, 0.25) is 0 Å². The SMILES string of the molecule is COc1cccc(OC)c1CNC(=O)COc1ccc(S(=O)(=O)Nc2ccc(F)cc2)cc1C. The van der Waals surface area contributed by atoms with Gasteiger partial charge in [-0.2, -0.15) is 0 Å². The Balaban J connectivity index is 1.61. The minimum absolute atomic E-state index is 0.00870. The molecule has 0 unspecified atom stereocenters. The number of methoxy groups -OCH3 is 2. The van der Waals surface area contributed by atoms with E-state index in [2.05, 4.69) is 10.0 Å². The molecule has 0 aliphatic rings. The second-order valence-electron chi connectivity index (χ2n) is 7.25. The number of halogens is 1. The molecule has 34 heavy (non-hydrogen) atoms. The summed E-state index contributed by atoms with van der Waals surface area (Å²) in [4.78, 5) is 12.3. The van der Waals surface area contributed by atoms with Gasteiger partial charge in [-0.25, -0.2) is 12.8 Å². The summed E-state index contributed by atoms with van der Waals surface area (Å²) >= 11 is 0. The molecular weight excluding hydrogens is 463 g/mol. The third-order valence-corrected chi connectivity index (χ3v) is 6.28. The van der Waals surface area contributed by atoms with Crippen LogP contribution in [0.25, 0.3) is 0 Å². The maximum Gasteiger partial charge on any atom is 0.261 e. The van der Waals surface area contributed by atoms with Crippen molar-refractivity contribution in [2.45, 2.75) is 18.4 Å². The smallest absolute Gasteiger partial charge is 0.261 e. The maximum atomic E-state index is 13.0. The minimum Gasteiger partial charge on any atom is -0.496 e. The van der Waals surface area contributed by atoms with Crippen LogP contribution in [-0.4, -0.2) is 35.2 Å². The summed E-state index contributed by atoms with van der Waals surface area (Å²) in [6, 6.07) is 14.6. The van der Waals surface area contributed by atoms with Gasteiger partial charge in [0.15, 0.2) is 6.61 Å². The number of carbonyl (C=O) groups is 1. The van der Waals surface area contributed by atoms with Crippen LogP contribution in [0.2, 0.25) is 0 Å². The summed E-state index contributed by atoms with van der Waals surface area (Å²) in [7, 11) is -0.815. The van der Waals surface area contributed by atoms with Crippen LogP contribution in [0.3, 0.4) is 0 Å². The minimum atomic E-state index is -3.88. The predicted octanol–water partition coefficient (Wildman–Crippen LogP) is 3.65. The topological polar surface area (TPSA) is 103 Å². The van der Waals surface area contributed by atoms with Gasteiger partial charge >= 0.3 is 0 Å². The fourth-order valence-electron chi connectivity index (χ4n) is 3.17. The molecule has 0 saturated heterocycles. The number of anilines is 1. The first kappa shape index (κ1) is 24.8. The normalized spacial score (nSPS) is 10.9. The standard InChI is InChI=1S/C24H25FN2O6S/c1-16-13-19(34(29,30)27-18-9-7-17(25)8-10-18)11-12-21(16)33-15-24(28)26-14-20-22(31-2)5-4-6-23(20)32-3/h4-13,27H,14-15H2,1-3H3,(H,26,28). The molecule has 0 aromatic heterocycles. The van der Waals surface area contributed by atoms with Crippen LogP contribution < -0.4 is 24.2 Å². The van der Waals surface area contributed by atoms with Crippen molar-refractivity contribution < 1.29 is 31.8 Å². The van der Waals surface area contributed by atoms with E-state index in [-0.39, 0.29) is 29.6 Å². The Morgan fingerprint density at radius 2 is 1.59 bits per heavy atom. The lowest BCUT2D eigenvalue weighted by Crippen LogP contribution is -2.28. The Labute approximate surface area is 197 Å². The lowest BCUT2D eigenvalue weighted by molar-refractivity contribution is -0.123. The molecule has 8 nitrogen and oxygen atoms in total. The largest absolute Gasteiger partial charge is 0.496 e. The lowest BCUT2D eigenvalue weighted by atomic mass is 10.1. The molecule has 0 heterocycles. The van der Waals surface area contributed by atoms with Crippen molar-refractivity contribution in [2.24, 2.45) is 0 Å². The highest BCUT2D eigenvalue weighted by Crippen LogP contribution is 2.28. The summed E-state index contributed by atoms with van der Waals surface area (Å²) in [6.45, 7) is 1.59. The number of hydrogen-bond acceptors (Lipinski definition) is 6. The zero-order valence-electron chi connectivity index (χ0n) is 18.9. The van der Waals surface area contributed by atoms with Crippen molar-refractivity contribution in [2.75, 3.05) is 25.5 Å². The molecule has 0 aliphatic heterocycles. The Hall–Kier alpha value is -3.79. The van der Waals surface area contributed by atoms with Crippen molar-refractivity contribution >= 4 is 21.6 Å². The van der Waals surface area contributed by atoms with Crippen LogP contribution in [0, 0.1) is 12.7 Å². The fourth-order valence-corrected chi connectivity index (χ4v) is 4.31. The highest BCUT2D eigenvalue weighted by Gasteiger charge is 2.17. The molecule has 3 rings (SSSR count). The van der Waals surface area contributed by atoms with E-state index >= 15 is 0 Å². The van der Waals surface area contributed by atoms with Crippen LogP contribution in [0.4, 0.5) is 10.1 Å². The molecule has 3 aromatic rings. The van der Waals surface area contributed by atoms with Crippen molar-refractivity contribution in [1.82, 2.24) is 5.32 Å². The van der Waals surface area contributed by atoms with E-state index in [1.54, 1.807) is 25.1 Å². The van der Waals surface area contributed by atoms with Crippen LogP contribution >= 0.6 is 0 Å². The molecule has 0 radical (unpaired) electrons. The number of ether oxygens (including phenoxy) is 3. The first-order valence-corrected chi connectivity index (χ1v) is 11.7. The number of carbonyl (C=O) groups excluding carboxylic acids is 1. The van der Waals surface area contributed by atoms with Crippen LogP contribution in [0.15, 0.2) is 65.6 Å². The quantitative estimate of drug-likeness (QED) is 0.452. The number of aryl methyl sites for hydroxylation is 1. The first-order valence-electron chi connectivity index (χ1n) is 10.2. The molecule has 0 spiro atoms. The number of amides is 1. The summed E-state index contributed by atoms with van der Waals surface area (Å²) in [6.07, 6.45) is 0.